The van der Waals surface area contributed by atoms with Crippen LogP contribution in [0.1, 0.15) is 28.8 Å². The monoisotopic (exact) mass is 256 g/mol. The van der Waals surface area contributed by atoms with Gasteiger partial charge in [-0.25, -0.2) is 0 Å². The smallest absolute Gasteiger partial charge is 0.254 e. The van der Waals surface area contributed by atoms with Crippen molar-refractivity contribution in [2.45, 2.75) is 25.3 Å². The van der Waals surface area contributed by atoms with Gasteiger partial charge in [-0.05, 0) is 49.9 Å². The van der Waals surface area contributed by atoms with Crippen LogP contribution in [-0.4, -0.2) is 47.9 Å². The van der Waals surface area contributed by atoms with Crippen molar-refractivity contribution in [1.29, 1.82) is 0 Å². The summed E-state index contributed by atoms with van der Waals surface area (Å²) in [6, 6.07) is 8.57. The predicted molar refractivity (Wildman–Crippen MR) is 74.1 cm³/mol. The normalized spacial score (nSPS) is 33.4. The summed E-state index contributed by atoms with van der Waals surface area (Å²) >= 11 is 0. The number of carbonyl (C=O) groups is 1. The molecule has 3 saturated heterocycles. The summed E-state index contributed by atoms with van der Waals surface area (Å²) < 4.78 is 0. The average molecular weight is 256 g/mol. The van der Waals surface area contributed by atoms with Crippen LogP contribution in [0, 0.1) is 5.92 Å². The highest BCUT2D eigenvalue weighted by molar-refractivity contribution is 5.97. The summed E-state index contributed by atoms with van der Waals surface area (Å²) in [5.74, 6) is 1.000. The van der Waals surface area contributed by atoms with Crippen LogP contribution in [0.5, 0.6) is 0 Å². The standard InChI is InChI=1S/C16H20N2O/c19-16-14-4-2-1-3-12(14)7-10-18(16)15-11-17-8-5-13(15)6-9-17/h1-4,13,15H,5-11H2. The maximum absolute atomic E-state index is 12.7. The molecular weight excluding hydrogens is 236 g/mol. The zero-order chi connectivity index (χ0) is 12.8. The topological polar surface area (TPSA) is 23.6 Å². The molecule has 1 aromatic rings. The van der Waals surface area contributed by atoms with Crippen molar-refractivity contribution < 1.29 is 4.79 Å². The van der Waals surface area contributed by atoms with Crippen LogP contribution in [0.3, 0.4) is 0 Å². The van der Waals surface area contributed by atoms with E-state index in [1.807, 2.05) is 18.2 Å². The van der Waals surface area contributed by atoms with Crippen LogP contribution in [0.15, 0.2) is 24.3 Å². The van der Waals surface area contributed by atoms with E-state index in [0.29, 0.717) is 6.04 Å². The van der Waals surface area contributed by atoms with Gasteiger partial charge in [-0.1, -0.05) is 18.2 Å². The summed E-state index contributed by atoms with van der Waals surface area (Å²) in [6.45, 7) is 4.48. The number of fused-ring (bicyclic) bond motifs is 4. The second kappa shape index (κ2) is 4.34. The third-order valence-electron chi connectivity index (χ3n) is 5.15. The van der Waals surface area contributed by atoms with Gasteiger partial charge in [0.2, 0.25) is 0 Å². The molecule has 3 fully saturated rings. The summed E-state index contributed by atoms with van der Waals surface area (Å²) in [6.07, 6.45) is 3.57. The molecule has 0 spiro atoms. The maximum atomic E-state index is 12.7. The van der Waals surface area contributed by atoms with Gasteiger partial charge >= 0.3 is 0 Å². The van der Waals surface area contributed by atoms with E-state index >= 15 is 0 Å². The molecule has 3 nitrogen and oxygen atoms in total. The van der Waals surface area contributed by atoms with E-state index in [0.717, 1.165) is 31.0 Å². The molecule has 0 saturated carbocycles. The number of carbonyl (C=O) groups excluding carboxylic acids is 1. The Bertz CT molecular complexity index is 505. The van der Waals surface area contributed by atoms with Crippen molar-refractivity contribution in [1.82, 2.24) is 9.80 Å². The van der Waals surface area contributed by atoms with Gasteiger partial charge in [-0.15, -0.1) is 0 Å². The minimum atomic E-state index is 0.264. The van der Waals surface area contributed by atoms with Crippen molar-refractivity contribution in [3.05, 3.63) is 35.4 Å². The first-order valence-corrected chi connectivity index (χ1v) is 7.44. The largest absolute Gasteiger partial charge is 0.334 e. The van der Waals surface area contributed by atoms with Gasteiger partial charge in [0.1, 0.15) is 0 Å². The Morgan fingerprint density at radius 1 is 1.05 bits per heavy atom. The van der Waals surface area contributed by atoms with E-state index < -0.39 is 0 Å². The van der Waals surface area contributed by atoms with Crippen molar-refractivity contribution in [3.8, 4) is 0 Å². The van der Waals surface area contributed by atoms with E-state index in [-0.39, 0.29) is 5.91 Å². The van der Waals surface area contributed by atoms with Crippen LogP contribution in [0.2, 0.25) is 0 Å². The lowest BCUT2D eigenvalue weighted by atomic mass is 9.82. The molecule has 1 atom stereocenters. The molecule has 0 N–H and O–H groups in total. The SMILES string of the molecule is O=C1c2ccccc2CCN1C1CN2CCC1CC2. The molecule has 1 amide bonds. The fourth-order valence-corrected chi connectivity index (χ4v) is 4.05. The first-order chi connectivity index (χ1) is 9.33. The Balaban J connectivity index is 1.62. The first-order valence-electron chi connectivity index (χ1n) is 7.44. The summed E-state index contributed by atoms with van der Waals surface area (Å²) in [5.41, 5.74) is 2.16. The molecule has 1 unspecified atom stereocenters. The number of benzene rings is 1. The van der Waals surface area contributed by atoms with Crippen LogP contribution < -0.4 is 0 Å². The minimum absolute atomic E-state index is 0.264. The van der Waals surface area contributed by atoms with E-state index in [1.165, 1.54) is 31.5 Å². The van der Waals surface area contributed by atoms with Gasteiger partial charge in [0.15, 0.2) is 0 Å². The Kier molecular flexibility index (Phi) is 2.62. The van der Waals surface area contributed by atoms with Crippen molar-refractivity contribution in [3.63, 3.8) is 0 Å². The van der Waals surface area contributed by atoms with Gasteiger partial charge in [0.25, 0.3) is 5.91 Å². The zero-order valence-corrected chi connectivity index (χ0v) is 11.2. The minimum Gasteiger partial charge on any atom is -0.334 e. The number of amides is 1. The van der Waals surface area contributed by atoms with E-state index in [4.69, 9.17) is 0 Å². The van der Waals surface area contributed by atoms with Gasteiger partial charge in [-0.2, -0.15) is 0 Å². The van der Waals surface area contributed by atoms with E-state index in [9.17, 15) is 4.79 Å². The molecule has 3 heteroatoms. The average Bonchev–Trinajstić information content (AvgIpc) is 2.49. The molecule has 2 bridgehead atoms. The lowest BCUT2D eigenvalue weighted by Crippen LogP contribution is -2.59. The molecule has 4 aliphatic heterocycles. The molecule has 5 rings (SSSR count). The summed E-state index contributed by atoms with van der Waals surface area (Å²) in [4.78, 5) is 17.4. The Hall–Kier alpha value is -1.35. The summed E-state index contributed by atoms with van der Waals surface area (Å²) in [7, 11) is 0. The Morgan fingerprint density at radius 3 is 2.58 bits per heavy atom. The van der Waals surface area contributed by atoms with Crippen LogP contribution >= 0.6 is 0 Å². The van der Waals surface area contributed by atoms with Crippen molar-refractivity contribution >= 4 is 5.91 Å². The predicted octanol–water partition coefficient (Wildman–Crippen LogP) is 1.78. The number of nitrogens with zero attached hydrogens (tertiary/aromatic N) is 2. The molecule has 1 aromatic carbocycles. The van der Waals surface area contributed by atoms with Crippen molar-refractivity contribution in [2.24, 2.45) is 5.92 Å². The number of rotatable bonds is 1. The second-order valence-electron chi connectivity index (χ2n) is 6.11. The van der Waals surface area contributed by atoms with Gasteiger partial charge < -0.3 is 9.80 Å². The fourth-order valence-electron chi connectivity index (χ4n) is 4.05. The van der Waals surface area contributed by atoms with Crippen molar-refractivity contribution in [2.75, 3.05) is 26.2 Å². The highest BCUT2D eigenvalue weighted by atomic mass is 16.2. The van der Waals surface area contributed by atoms with Crippen LogP contribution in [-0.2, 0) is 6.42 Å². The lowest BCUT2D eigenvalue weighted by Gasteiger charge is -2.50. The fraction of sp³-hybridized carbons (Fsp3) is 0.562. The molecule has 100 valence electrons. The number of hydrogen-bond donors (Lipinski definition) is 0. The number of piperidine rings is 3. The van der Waals surface area contributed by atoms with Gasteiger partial charge in [0, 0.05) is 24.7 Å². The summed E-state index contributed by atoms with van der Waals surface area (Å²) in [5, 5.41) is 0. The maximum Gasteiger partial charge on any atom is 0.254 e. The molecule has 19 heavy (non-hydrogen) atoms. The lowest BCUT2D eigenvalue weighted by molar-refractivity contribution is 0.00607. The van der Waals surface area contributed by atoms with Gasteiger partial charge in [0.05, 0.1) is 0 Å². The first kappa shape index (κ1) is 11.5. The van der Waals surface area contributed by atoms with E-state index in [2.05, 4.69) is 15.9 Å². The van der Waals surface area contributed by atoms with Crippen LogP contribution in [0.4, 0.5) is 0 Å². The van der Waals surface area contributed by atoms with Crippen LogP contribution in [0.25, 0.3) is 0 Å². The third kappa shape index (κ3) is 1.79. The molecule has 0 radical (unpaired) electrons. The quantitative estimate of drug-likeness (QED) is 0.764. The Morgan fingerprint density at radius 2 is 1.84 bits per heavy atom. The molecule has 4 heterocycles. The third-order valence-corrected chi connectivity index (χ3v) is 5.15. The highest BCUT2D eigenvalue weighted by Crippen LogP contribution is 2.33. The highest BCUT2D eigenvalue weighted by Gasteiger charge is 2.40. The molecule has 0 aliphatic carbocycles. The number of hydrogen-bond acceptors (Lipinski definition) is 2. The second-order valence-corrected chi connectivity index (χ2v) is 6.11. The molecular formula is C16H20N2O. The van der Waals surface area contributed by atoms with E-state index in [1.54, 1.807) is 0 Å². The Labute approximate surface area is 114 Å². The zero-order valence-electron chi connectivity index (χ0n) is 11.2. The molecule has 0 aromatic heterocycles. The molecule has 4 aliphatic rings. The van der Waals surface area contributed by atoms with Gasteiger partial charge in [-0.3, -0.25) is 4.79 Å².